The van der Waals surface area contributed by atoms with Crippen LogP contribution in [0.15, 0.2) is 24.0 Å². The van der Waals surface area contributed by atoms with Crippen molar-refractivity contribution >= 4 is 28.7 Å². The van der Waals surface area contributed by atoms with Crippen molar-refractivity contribution in [3.63, 3.8) is 0 Å². The lowest BCUT2D eigenvalue weighted by Gasteiger charge is -2.61. The van der Waals surface area contributed by atoms with E-state index in [4.69, 9.17) is 31.7 Å². The number of likely N-dealkylation sites (N-methyl/N-ethyl adjacent to an activating group) is 1. The Morgan fingerprint density at radius 2 is 1.90 bits per heavy atom. The molecule has 2 aliphatic rings. The molecule has 218 valence electrons. The van der Waals surface area contributed by atoms with Crippen LogP contribution in [-0.4, -0.2) is 96.0 Å². The third kappa shape index (κ3) is 6.51. The molecule has 40 heavy (non-hydrogen) atoms. The summed E-state index contributed by atoms with van der Waals surface area (Å²) in [5.74, 6) is 1.18. The second-order valence-electron chi connectivity index (χ2n) is 10.7. The van der Waals surface area contributed by atoms with E-state index in [1.165, 1.54) is 11.8 Å². The predicted octanol–water partition coefficient (Wildman–Crippen LogP) is 4.08. The summed E-state index contributed by atoms with van der Waals surface area (Å²) in [5, 5.41) is 31.9. The maximum absolute atomic E-state index is 12.8. The highest BCUT2D eigenvalue weighted by Gasteiger charge is 2.54. The van der Waals surface area contributed by atoms with Crippen LogP contribution in [-0.2, 0) is 0 Å². The summed E-state index contributed by atoms with van der Waals surface area (Å²) in [4.78, 5) is 12.9. The van der Waals surface area contributed by atoms with E-state index in [-0.39, 0.29) is 34.9 Å². The van der Waals surface area contributed by atoms with Gasteiger partial charge in [-0.3, -0.25) is 4.90 Å². The minimum Gasteiger partial charge on any atom is -0.512 e. The van der Waals surface area contributed by atoms with Crippen molar-refractivity contribution in [2.45, 2.75) is 33.1 Å². The summed E-state index contributed by atoms with van der Waals surface area (Å²) in [5.41, 5.74) is 1.61. The number of anilines is 1. The second kappa shape index (κ2) is 11.5. The minimum atomic E-state index is -4.23. The van der Waals surface area contributed by atoms with Crippen molar-refractivity contribution in [1.82, 2.24) is 20.2 Å². The molecular weight excluding hydrogens is 549 g/mol. The number of aromatic nitrogens is 2. The number of halogens is 4. The normalized spacial score (nSPS) is 18.2. The number of aliphatic hydroxyl groups excluding tert-OH is 2. The number of benzene rings is 1. The van der Waals surface area contributed by atoms with Gasteiger partial charge in [0.05, 0.1) is 22.8 Å². The molecule has 2 saturated heterocycles. The maximum Gasteiger partial charge on any atom is 0.401 e. The Morgan fingerprint density at radius 1 is 1.23 bits per heavy atom. The van der Waals surface area contributed by atoms with E-state index >= 15 is 0 Å². The first-order valence-electron chi connectivity index (χ1n) is 12.9. The summed E-state index contributed by atoms with van der Waals surface area (Å²) in [7, 11) is 1.73. The average Bonchev–Trinajstić information content (AvgIpc) is 2.80. The minimum absolute atomic E-state index is 0.0535. The number of alkyl halides is 3. The largest absolute Gasteiger partial charge is 0.512 e. The first-order valence-corrected chi connectivity index (χ1v) is 13.2. The fraction of sp³-hybridized carbons (Fsp3) is 0.519. The quantitative estimate of drug-likeness (QED) is 0.245. The molecule has 0 radical (unpaired) electrons. The van der Waals surface area contributed by atoms with Crippen LogP contribution in [0.2, 0.25) is 5.02 Å². The van der Waals surface area contributed by atoms with E-state index in [2.05, 4.69) is 5.32 Å². The Hall–Kier alpha value is -2.93. The number of allylic oxidation sites excluding steroid dienone is 2. The Bertz CT molecular complexity index is 1300. The lowest BCUT2D eigenvalue weighted by Crippen LogP contribution is -2.73. The second-order valence-corrected chi connectivity index (χ2v) is 11.1. The van der Waals surface area contributed by atoms with Gasteiger partial charge in [-0.15, -0.1) is 0 Å². The maximum atomic E-state index is 12.8. The van der Waals surface area contributed by atoms with Crippen LogP contribution >= 0.6 is 11.6 Å². The summed E-state index contributed by atoms with van der Waals surface area (Å²) >= 11 is 6.56. The lowest BCUT2D eigenvalue weighted by molar-refractivity contribution is -0.172. The van der Waals surface area contributed by atoms with E-state index < -0.39 is 18.8 Å². The molecule has 0 amide bonds. The highest BCUT2D eigenvalue weighted by molar-refractivity contribution is 6.33. The van der Waals surface area contributed by atoms with Gasteiger partial charge in [0, 0.05) is 55.0 Å². The summed E-state index contributed by atoms with van der Waals surface area (Å²) in [6.07, 6.45) is -4.94. The van der Waals surface area contributed by atoms with Crippen molar-refractivity contribution in [2.24, 2.45) is 5.41 Å². The van der Waals surface area contributed by atoms with Crippen LogP contribution in [0.1, 0.15) is 25.1 Å². The number of ether oxygens (including phenoxy) is 1. The molecule has 0 aliphatic carbocycles. The Balaban J connectivity index is 1.68. The molecule has 4 rings (SSSR count). The van der Waals surface area contributed by atoms with Gasteiger partial charge in [0.15, 0.2) is 5.82 Å². The van der Waals surface area contributed by atoms with Gasteiger partial charge >= 0.3 is 6.18 Å². The number of hydrogen-bond donors (Lipinski definition) is 4. The predicted molar refractivity (Wildman–Crippen MR) is 148 cm³/mol. The molecule has 1 spiro atoms. The number of aliphatic hydroxyl groups is 2. The molecule has 2 aromatic rings. The third-order valence-electron chi connectivity index (χ3n) is 7.03. The topological polar surface area (TPSA) is 118 Å². The zero-order valence-electron chi connectivity index (χ0n) is 22.9. The van der Waals surface area contributed by atoms with Gasteiger partial charge in [-0.25, -0.2) is 9.97 Å². The Kier molecular flexibility index (Phi) is 8.65. The molecule has 3 heterocycles. The molecule has 4 N–H and O–H groups in total. The average molecular weight is 583 g/mol. The van der Waals surface area contributed by atoms with Gasteiger partial charge in [0.2, 0.25) is 0 Å². The van der Waals surface area contributed by atoms with E-state index in [0.29, 0.717) is 66.1 Å². The summed E-state index contributed by atoms with van der Waals surface area (Å²) < 4.78 is 44.1. The third-order valence-corrected chi connectivity index (χ3v) is 7.36. The lowest BCUT2D eigenvalue weighted by atomic mass is 9.72. The van der Waals surface area contributed by atoms with Gasteiger partial charge in [0.1, 0.15) is 30.0 Å². The fourth-order valence-electron chi connectivity index (χ4n) is 5.43. The number of rotatable bonds is 10. The van der Waals surface area contributed by atoms with Gasteiger partial charge in [0.25, 0.3) is 0 Å². The zero-order chi connectivity index (χ0) is 29.4. The SMILES string of the molecule is CNC[C@@H](O)COc1ccc(Cl)c(-c2nc(/C(C(C)=N)=C(\C)O)c(C)c(N3CC4(CN(CC(F)(F)F)C4)C3)n2)c1. The van der Waals surface area contributed by atoms with E-state index in [9.17, 15) is 23.4 Å². The fourth-order valence-corrected chi connectivity index (χ4v) is 5.63. The van der Waals surface area contributed by atoms with Gasteiger partial charge < -0.3 is 30.6 Å². The van der Waals surface area contributed by atoms with E-state index in [0.717, 1.165) is 0 Å². The number of nitrogens with zero attached hydrogens (tertiary/aromatic N) is 4. The first kappa shape index (κ1) is 30.0. The van der Waals surface area contributed by atoms with Crippen molar-refractivity contribution in [3.8, 4) is 17.1 Å². The van der Waals surface area contributed by atoms with Crippen LogP contribution < -0.4 is 15.0 Å². The number of likely N-dealkylation sites (tertiary alicyclic amines) is 1. The van der Waals surface area contributed by atoms with Crippen molar-refractivity contribution in [3.05, 3.63) is 40.2 Å². The molecule has 0 unspecified atom stereocenters. The van der Waals surface area contributed by atoms with Crippen molar-refractivity contribution in [2.75, 3.05) is 57.8 Å². The highest BCUT2D eigenvalue weighted by atomic mass is 35.5. The van der Waals surface area contributed by atoms with Crippen LogP contribution in [0.5, 0.6) is 5.75 Å². The molecule has 0 saturated carbocycles. The highest BCUT2D eigenvalue weighted by Crippen LogP contribution is 2.44. The molecule has 2 fully saturated rings. The standard InChI is InChI=1S/C27H34ClF3N6O3/c1-15-23(22(16(2)32)17(3)38)34-24(20-7-19(5-6-21(20)28)40-9-18(39)8-33-4)35-25(15)37-12-26(13-37)10-36(11-26)14-27(29,30)31/h5-7,18,32-33,38-39H,8-14H2,1-4H3/b22-17+,32-16?/t18-/m1/s1. The molecule has 9 nitrogen and oxygen atoms in total. The first-order chi connectivity index (χ1) is 18.7. The van der Waals surface area contributed by atoms with E-state index in [1.807, 2.05) is 4.90 Å². The molecule has 1 atom stereocenters. The monoisotopic (exact) mass is 582 g/mol. The van der Waals surface area contributed by atoms with Gasteiger partial charge in [-0.2, -0.15) is 13.2 Å². The molecule has 13 heteroatoms. The zero-order valence-corrected chi connectivity index (χ0v) is 23.6. The molecule has 1 aromatic heterocycles. The Morgan fingerprint density at radius 3 is 2.48 bits per heavy atom. The molecule has 2 aliphatic heterocycles. The van der Waals surface area contributed by atoms with Gasteiger partial charge in [-0.1, -0.05) is 11.6 Å². The summed E-state index contributed by atoms with van der Waals surface area (Å²) in [6.45, 7) is 6.10. The molecular formula is C27H34ClF3N6O3. The van der Waals surface area contributed by atoms with E-state index in [1.54, 1.807) is 39.1 Å². The van der Waals surface area contributed by atoms with Crippen LogP contribution in [0, 0.1) is 17.7 Å². The smallest absolute Gasteiger partial charge is 0.401 e. The van der Waals surface area contributed by atoms with Crippen molar-refractivity contribution < 1.29 is 28.1 Å². The summed E-state index contributed by atoms with van der Waals surface area (Å²) in [6, 6.07) is 4.97. The number of hydrogen-bond acceptors (Lipinski definition) is 9. The van der Waals surface area contributed by atoms with Crippen LogP contribution in [0.4, 0.5) is 19.0 Å². The molecule has 1 aromatic carbocycles. The van der Waals surface area contributed by atoms with Crippen LogP contribution in [0.25, 0.3) is 17.0 Å². The number of nitrogens with one attached hydrogen (secondary N) is 2. The van der Waals surface area contributed by atoms with Crippen molar-refractivity contribution in [1.29, 1.82) is 5.41 Å². The van der Waals surface area contributed by atoms with Gasteiger partial charge in [-0.05, 0) is 46.0 Å². The molecule has 0 bridgehead atoms. The van der Waals surface area contributed by atoms with Crippen LogP contribution in [0.3, 0.4) is 0 Å². The Labute approximate surface area is 236 Å².